The van der Waals surface area contributed by atoms with Crippen LogP contribution in [-0.2, 0) is 17.8 Å². The summed E-state index contributed by atoms with van der Waals surface area (Å²) in [6.45, 7) is 3.01. The van der Waals surface area contributed by atoms with Crippen molar-refractivity contribution in [3.63, 3.8) is 0 Å². The highest BCUT2D eigenvalue weighted by molar-refractivity contribution is 7.99. The van der Waals surface area contributed by atoms with E-state index in [2.05, 4.69) is 0 Å². The molecule has 0 saturated carbocycles. The van der Waals surface area contributed by atoms with Gasteiger partial charge in [0.05, 0.1) is 11.3 Å². The quantitative estimate of drug-likeness (QED) is 0.245. The Morgan fingerprint density at radius 1 is 1.12 bits per heavy atom. The average Bonchev–Trinajstić information content (AvgIpc) is 3.28. The summed E-state index contributed by atoms with van der Waals surface area (Å²) in [4.78, 5) is 32.5. The number of rotatable bonds is 8. The number of benzene rings is 2. The molecule has 0 fully saturated rings. The molecule has 0 N–H and O–H groups in total. The molecule has 0 atom stereocenters. The molecule has 2 aromatic heterocycles. The van der Waals surface area contributed by atoms with Crippen molar-refractivity contribution >= 4 is 56.5 Å². The fraction of sp³-hybridized carbons (Fsp3) is 0.208. The van der Waals surface area contributed by atoms with Crippen molar-refractivity contribution in [3.05, 3.63) is 87.0 Å². The van der Waals surface area contributed by atoms with E-state index >= 15 is 0 Å². The number of carbonyl (C=O) groups excluding carboxylic acids is 1. The number of aromatic nitrogens is 2. The first-order valence-corrected chi connectivity index (χ1v) is 12.5. The van der Waals surface area contributed by atoms with Crippen LogP contribution < -0.4 is 10.5 Å². The van der Waals surface area contributed by atoms with Gasteiger partial charge in [0, 0.05) is 23.8 Å². The van der Waals surface area contributed by atoms with E-state index in [1.165, 1.54) is 23.1 Å². The summed E-state index contributed by atoms with van der Waals surface area (Å²) in [5.74, 6) is 0.179. The number of hydrogen-bond acceptors (Lipinski definition) is 5. The van der Waals surface area contributed by atoms with Crippen LogP contribution >= 0.6 is 34.7 Å². The van der Waals surface area contributed by atoms with Crippen molar-refractivity contribution in [1.29, 1.82) is 0 Å². The minimum Gasteiger partial charge on any atom is -0.312 e. The summed E-state index contributed by atoms with van der Waals surface area (Å²) in [6.07, 6.45) is 0.669. The van der Waals surface area contributed by atoms with Crippen molar-refractivity contribution in [3.8, 4) is 0 Å². The predicted molar refractivity (Wildman–Crippen MR) is 134 cm³/mol. The van der Waals surface area contributed by atoms with Crippen molar-refractivity contribution in [2.24, 2.45) is 0 Å². The van der Waals surface area contributed by atoms with Crippen molar-refractivity contribution in [1.82, 2.24) is 9.55 Å². The standard InChI is InChI=1S/C24H22ClN3O2S2/c1-2-27(19-6-4-3-5-7-19)21(29)16-32-24-26-20-13-15-31-22(20)23(30)28(24)14-12-17-8-10-18(25)11-9-17/h3-11,13,15H,2,12,14,16H2,1H3. The topological polar surface area (TPSA) is 55.2 Å². The second-order valence-corrected chi connectivity index (χ2v) is 9.42. The van der Waals surface area contributed by atoms with Crippen molar-refractivity contribution in [2.45, 2.75) is 25.0 Å². The second kappa shape index (κ2) is 10.3. The number of hydrogen-bond donors (Lipinski definition) is 0. The fourth-order valence-corrected chi connectivity index (χ4v) is 5.24. The zero-order chi connectivity index (χ0) is 22.5. The van der Waals surface area contributed by atoms with Crippen LogP contribution in [0.15, 0.2) is 76.0 Å². The van der Waals surface area contributed by atoms with Gasteiger partial charge in [0.2, 0.25) is 5.91 Å². The van der Waals surface area contributed by atoms with Gasteiger partial charge in [-0.3, -0.25) is 14.2 Å². The second-order valence-electron chi connectivity index (χ2n) is 7.12. The van der Waals surface area contributed by atoms with Crippen LogP contribution in [0.4, 0.5) is 5.69 Å². The molecule has 2 aromatic carbocycles. The third-order valence-electron chi connectivity index (χ3n) is 5.08. The van der Waals surface area contributed by atoms with Crippen LogP contribution in [0.25, 0.3) is 10.2 Å². The van der Waals surface area contributed by atoms with Crippen LogP contribution in [0.2, 0.25) is 5.02 Å². The molecular formula is C24H22ClN3O2S2. The van der Waals surface area contributed by atoms with Gasteiger partial charge in [-0.2, -0.15) is 0 Å². The third kappa shape index (κ3) is 5.06. The van der Waals surface area contributed by atoms with Crippen LogP contribution in [0, 0.1) is 0 Å². The zero-order valence-corrected chi connectivity index (χ0v) is 19.9. The van der Waals surface area contributed by atoms with Gasteiger partial charge in [0.15, 0.2) is 5.16 Å². The molecule has 0 aliphatic rings. The normalized spacial score (nSPS) is 11.1. The smallest absolute Gasteiger partial charge is 0.272 e. The minimum atomic E-state index is -0.0654. The summed E-state index contributed by atoms with van der Waals surface area (Å²) in [6, 6.07) is 19.1. The van der Waals surface area contributed by atoms with E-state index in [1.807, 2.05) is 73.0 Å². The van der Waals surface area contributed by atoms with Gasteiger partial charge in [-0.25, -0.2) is 4.98 Å². The van der Waals surface area contributed by atoms with E-state index in [0.29, 0.717) is 39.9 Å². The summed E-state index contributed by atoms with van der Waals surface area (Å²) in [5.41, 5.74) is 2.56. The highest BCUT2D eigenvalue weighted by Crippen LogP contribution is 2.23. The molecule has 0 radical (unpaired) electrons. The number of nitrogens with zero attached hydrogens (tertiary/aromatic N) is 3. The Hall–Kier alpha value is -2.61. The van der Waals surface area contributed by atoms with Gasteiger partial charge in [-0.1, -0.05) is 53.7 Å². The minimum absolute atomic E-state index is 0.0207. The lowest BCUT2D eigenvalue weighted by Crippen LogP contribution is -2.32. The lowest BCUT2D eigenvalue weighted by Gasteiger charge is -2.21. The molecule has 0 unspecified atom stereocenters. The summed E-state index contributed by atoms with van der Waals surface area (Å²) in [5, 5.41) is 3.12. The first-order chi connectivity index (χ1) is 15.6. The monoisotopic (exact) mass is 483 g/mol. The molecule has 0 aliphatic carbocycles. The average molecular weight is 484 g/mol. The largest absolute Gasteiger partial charge is 0.312 e. The first-order valence-electron chi connectivity index (χ1n) is 10.3. The number of aryl methyl sites for hydroxylation is 1. The molecule has 0 spiro atoms. The summed E-state index contributed by atoms with van der Waals surface area (Å²) < 4.78 is 2.32. The molecule has 164 valence electrons. The van der Waals surface area contributed by atoms with Gasteiger partial charge in [0.25, 0.3) is 5.56 Å². The van der Waals surface area contributed by atoms with E-state index < -0.39 is 0 Å². The Morgan fingerprint density at radius 3 is 2.59 bits per heavy atom. The highest BCUT2D eigenvalue weighted by Gasteiger charge is 2.18. The maximum absolute atomic E-state index is 13.1. The lowest BCUT2D eigenvalue weighted by atomic mass is 10.1. The molecule has 0 aliphatic heterocycles. The van der Waals surface area contributed by atoms with Gasteiger partial charge in [0.1, 0.15) is 4.70 Å². The number of fused-ring (bicyclic) bond motifs is 1. The first kappa shape index (κ1) is 22.6. The van der Waals surface area contributed by atoms with Gasteiger partial charge < -0.3 is 4.90 Å². The van der Waals surface area contributed by atoms with Gasteiger partial charge >= 0.3 is 0 Å². The van der Waals surface area contributed by atoms with E-state index in [9.17, 15) is 9.59 Å². The van der Waals surface area contributed by atoms with E-state index in [-0.39, 0.29) is 17.2 Å². The summed E-state index contributed by atoms with van der Waals surface area (Å²) >= 11 is 8.68. The number of para-hydroxylation sites is 1. The number of thiophene rings is 1. The Kier molecular flexibility index (Phi) is 7.29. The van der Waals surface area contributed by atoms with Gasteiger partial charge in [-0.05, 0) is 54.6 Å². The van der Waals surface area contributed by atoms with Crippen LogP contribution in [-0.4, -0.2) is 27.8 Å². The molecule has 5 nitrogen and oxygen atoms in total. The molecule has 4 rings (SSSR count). The molecule has 4 aromatic rings. The fourth-order valence-electron chi connectivity index (χ4n) is 3.44. The molecule has 1 amide bonds. The highest BCUT2D eigenvalue weighted by atomic mass is 35.5. The van der Waals surface area contributed by atoms with E-state index in [1.54, 1.807) is 9.47 Å². The maximum atomic E-state index is 13.1. The lowest BCUT2D eigenvalue weighted by molar-refractivity contribution is -0.116. The van der Waals surface area contributed by atoms with Crippen LogP contribution in [0.1, 0.15) is 12.5 Å². The Labute approximate surface area is 199 Å². The molecule has 0 bridgehead atoms. The number of anilines is 1. The van der Waals surface area contributed by atoms with Crippen molar-refractivity contribution in [2.75, 3.05) is 17.2 Å². The number of amides is 1. The number of thioether (sulfide) groups is 1. The Balaban J connectivity index is 1.56. The van der Waals surface area contributed by atoms with Gasteiger partial charge in [-0.15, -0.1) is 11.3 Å². The zero-order valence-electron chi connectivity index (χ0n) is 17.5. The predicted octanol–water partition coefficient (Wildman–Crippen LogP) is 5.50. The molecule has 32 heavy (non-hydrogen) atoms. The SMILES string of the molecule is CCN(C(=O)CSc1nc2ccsc2c(=O)n1CCc1ccc(Cl)cc1)c1ccccc1. The third-order valence-corrected chi connectivity index (χ3v) is 7.18. The number of carbonyl (C=O) groups is 1. The molecule has 0 saturated heterocycles. The van der Waals surface area contributed by atoms with Crippen molar-refractivity contribution < 1.29 is 4.79 Å². The molecule has 2 heterocycles. The van der Waals surface area contributed by atoms with E-state index in [4.69, 9.17) is 16.6 Å². The van der Waals surface area contributed by atoms with Crippen LogP contribution in [0.5, 0.6) is 0 Å². The maximum Gasteiger partial charge on any atom is 0.272 e. The summed E-state index contributed by atoms with van der Waals surface area (Å²) in [7, 11) is 0. The number of halogens is 1. The Morgan fingerprint density at radius 2 is 1.88 bits per heavy atom. The van der Waals surface area contributed by atoms with Crippen LogP contribution in [0.3, 0.4) is 0 Å². The van der Waals surface area contributed by atoms with E-state index in [0.717, 1.165) is 11.3 Å². The molecular weight excluding hydrogens is 462 g/mol. The molecule has 8 heteroatoms. The Bertz CT molecular complexity index is 1270.